The molecule has 1 aromatic heterocycles. The predicted octanol–water partition coefficient (Wildman–Crippen LogP) is 4.73. The molecule has 1 heterocycles. The van der Waals surface area contributed by atoms with Crippen LogP contribution in [0.4, 0.5) is 4.39 Å². The van der Waals surface area contributed by atoms with E-state index in [4.69, 9.17) is 4.74 Å². The topological polar surface area (TPSA) is 21.3 Å². The van der Waals surface area contributed by atoms with E-state index in [-0.39, 0.29) is 5.82 Å². The van der Waals surface area contributed by atoms with E-state index < -0.39 is 0 Å². The first kappa shape index (κ1) is 15.5. The molecule has 0 aliphatic heterocycles. The molecule has 0 atom stereocenters. The molecule has 0 saturated heterocycles. The maximum atomic E-state index is 13.3. The van der Waals surface area contributed by atoms with Crippen LogP contribution in [0.5, 0.6) is 5.75 Å². The monoisotopic (exact) mass is 357 g/mol. The van der Waals surface area contributed by atoms with Gasteiger partial charge in [-0.05, 0) is 58.5 Å². The summed E-state index contributed by atoms with van der Waals surface area (Å²) in [5, 5.41) is 5.28. The van der Waals surface area contributed by atoms with Gasteiger partial charge in [0, 0.05) is 16.6 Å². The summed E-state index contributed by atoms with van der Waals surface area (Å²) in [6, 6.07) is 6.65. The van der Waals surface area contributed by atoms with Gasteiger partial charge in [-0.25, -0.2) is 4.39 Å². The van der Waals surface area contributed by atoms with Crippen LogP contribution in [0.2, 0.25) is 0 Å². The lowest BCUT2D eigenvalue weighted by Gasteiger charge is -2.12. The van der Waals surface area contributed by atoms with Crippen LogP contribution in [-0.2, 0) is 13.2 Å². The number of ether oxygens (including phenoxy) is 1. The van der Waals surface area contributed by atoms with E-state index >= 15 is 0 Å². The normalized spacial score (nSPS) is 10.8. The highest BCUT2D eigenvalue weighted by atomic mass is 79.9. The number of halogens is 2. The Kier molecular flexibility index (Phi) is 6.01. The Morgan fingerprint density at radius 1 is 1.35 bits per heavy atom. The molecule has 0 bridgehead atoms. The van der Waals surface area contributed by atoms with E-state index in [0.717, 1.165) is 33.6 Å². The van der Waals surface area contributed by atoms with Crippen LogP contribution >= 0.6 is 27.3 Å². The van der Waals surface area contributed by atoms with Gasteiger partial charge in [-0.1, -0.05) is 6.92 Å². The predicted molar refractivity (Wildman–Crippen MR) is 84.7 cm³/mol. The highest BCUT2D eigenvalue weighted by molar-refractivity contribution is 9.10. The molecular weight excluding hydrogens is 341 g/mol. The molecule has 1 N–H and O–H groups in total. The third kappa shape index (κ3) is 4.30. The Balaban J connectivity index is 2.04. The fourth-order valence-electron chi connectivity index (χ4n) is 1.80. The fourth-order valence-corrected chi connectivity index (χ4v) is 3.18. The largest absolute Gasteiger partial charge is 0.488 e. The molecule has 0 unspecified atom stereocenters. The maximum absolute atomic E-state index is 13.3. The second-order valence-corrected chi connectivity index (χ2v) is 6.26. The third-order valence-corrected chi connectivity index (χ3v) is 4.71. The number of thiophene rings is 1. The molecule has 2 aromatic rings. The second-order valence-electron chi connectivity index (χ2n) is 4.41. The number of rotatable bonds is 7. The quantitative estimate of drug-likeness (QED) is 0.723. The van der Waals surface area contributed by atoms with Gasteiger partial charge in [-0.15, -0.1) is 11.3 Å². The minimum Gasteiger partial charge on any atom is -0.488 e. The molecule has 0 amide bonds. The summed E-state index contributed by atoms with van der Waals surface area (Å²) >= 11 is 5.12. The molecule has 2 rings (SSSR count). The van der Waals surface area contributed by atoms with Crippen LogP contribution in [0, 0.1) is 5.82 Å². The lowest BCUT2D eigenvalue weighted by molar-refractivity contribution is 0.304. The van der Waals surface area contributed by atoms with Gasteiger partial charge in [0.1, 0.15) is 18.2 Å². The summed E-state index contributed by atoms with van der Waals surface area (Å²) in [4.78, 5) is 1.13. The van der Waals surface area contributed by atoms with Crippen molar-refractivity contribution in [2.24, 2.45) is 0 Å². The molecule has 0 fully saturated rings. The molecule has 0 spiro atoms. The lowest BCUT2D eigenvalue weighted by Crippen LogP contribution is -2.14. The van der Waals surface area contributed by atoms with Gasteiger partial charge < -0.3 is 10.1 Å². The van der Waals surface area contributed by atoms with Crippen LogP contribution in [-0.4, -0.2) is 6.54 Å². The minimum absolute atomic E-state index is 0.233. The van der Waals surface area contributed by atoms with Crippen molar-refractivity contribution >= 4 is 27.3 Å². The van der Waals surface area contributed by atoms with Crippen LogP contribution in [0.25, 0.3) is 0 Å². The Morgan fingerprint density at radius 3 is 2.90 bits per heavy atom. The standard InChI is InChI=1S/C15H17BrFNOS/c1-2-6-18-9-11-8-12(17)3-4-14(11)19-10-15-13(16)5-7-20-15/h3-5,7-8,18H,2,6,9-10H2,1H3. The summed E-state index contributed by atoms with van der Waals surface area (Å²) in [6.07, 6.45) is 1.05. The average Bonchev–Trinajstić information content (AvgIpc) is 2.84. The number of nitrogens with one attached hydrogen (secondary N) is 1. The van der Waals surface area contributed by atoms with Crippen molar-refractivity contribution in [1.82, 2.24) is 5.32 Å². The van der Waals surface area contributed by atoms with Crippen LogP contribution < -0.4 is 10.1 Å². The average molecular weight is 358 g/mol. The van der Waals surface area contributed by atoms with E-state index in [0.29, 0.717) is 13.2 Å². The van der Waals surface area contributed by atoms with Gasteiger partial charge >= 0.3 is 0 Å². The summed E-state index contributed by atoms with van der Waals surface area (Å²) in [6.45, 7) is 4.12. The first-order valence-electron chi connectivity index (χ1n) is 6.54. The van der Waals surface area contributed by atoms with E-state index in [9.17, 15) is 4.39 Å². The molecule has 0 radical (unpaired) electrons. The highest BCUT2D eigenvalue weighted by Crippen LogP contribution is 2.26. The van der Waals surface area contributed by atoms with Gasteiger partial charge in [-0.3, -0.25) is 0 Å². The highest BCUT2D eigenvalue weighted by Gasteiger charge is 2.07. The van der Waals surface area contributed by atoms with Crippen molar-refractivity contribution in [2.75, 3.05) is 6.54 Å². The molecule has 1 aromatic carbocycles. The van der Waals surface area contributed by atoms with Gasteiger partial charge in [-0.2, -0.15) is 0 Å². The molecule has 20 heavy (non-hydrogen) atoms. The molecule has 2 nitrogen and oxygen atoms in total. The fraction of sp³-hybridized carbons (Fsp3) is 0.333. The number of hydrogen-bond acceptors (Lipinski definition) is 3. The van der Waals surface area contributed by atoms with Gasteiger partial charge in [0.15, 0.2) is 0 Å². The summed E-state index contributed by atoms with van der Waals surface area (Å²) in [7, 11) is 0. The Morgan fingerprint density at radius 2 is 2.20 bits per heavy atom. The van der Waals surface area contributed by atoms with Crippen molar-refractivity contribution < 1.29 is 9.13 Å². The van der Waals surface area contributed by atoms with Gasteiger partial charge in [0.2, 0.25) is 0 Å². The molecule has 0 saturated carbocycles. The molecule has 0 aliphatic rings. The van der Waals surface area contributed by atoms with Gasteiger partial charge in [0.05, 0.1) is 4.88 Å². The van der Waals surface area contributed by atoms with Crippen molar-refractivity contribution in [2.45, 2.75) is 26.5 Å². The first-order chi connectivity index (χ1) is 9.70. The summed E-state index contributed by atoms with van der Waals surface area (Å²) in [5.41, 5.74) is 0.853. The van der Waals surface area contributed by atoms with Gasteiger partial charge in [0.25, 0.3) is 0 Å². The molecule has 5 heteroatoms. The van der Waals surface area contributed by atoms with Crippen molar-refractivity contribution in [3.63, 3.8) is 0 Å². The lowest BCUT2D eigenvalue weighted by atomic mass is 10.2. The van der Waals surface area contributed by atoms with Crippen molar-refractivity contribution in [1.29, 1.82) is 0 Å². The van der Waals surface area contributed by atoms with Crippen molar-refractivity contribution in [3.8, 4) is 5.75 Å². The number of benzene rings is 1. The van der Waals surface area contributed by atoms with E-state index in [1.54, 1.807) is 17.4 Å². The molecule has 108 valence electrons. The first-order valence-corrected chi connectivity index (χ1v) is 8.21. The zero-order valence-electron chi connectivity index (χ0n) is 11.3. The Bertz CT molecular complexity index is 559. The third-order valence-electron chi connectivity index (χ3n) is 2.81. The van der Waals surface area contributed by atoms with E-state index in [1.165, 1.54) is 12.1 Å². The Labute approximate surface area is 131 Å². The molecule has 0 aliphatic carbocycles. The van der Waals surface area contributed by atoms with Crippen molar-refractivity contribution in [3.05, 3.63) is 50.4 Å². The smallest absolute Gasteiger partial charge is 0.124 e. The zero-order valence-corrected chi connectivity index (χ0v) is 13.7. The summed E-state index contributed by atoms with van der Waals surface area (Å²) < 4.78 is 20.2. The van der Waals surface area contributed by atoms with E-state index in [1.807, 2.05) is 11.4 Å². The maximum Gasteiger partial charge on any atom is 0.124 e. The Hall–Kier alpha value is -0.910. The SMILES string of the molecule is CCCNCc1cc(F)ccc1OCc1sccc1Br. The zero-order chi connectivity index (χ0) is 14.4. The summed E-state index contributed by atoms with van der Waals surface area (Å²) in [5.74, 6) is 0.498. The molecular formula is C15H17BrFNOS. The van der Waals surface area contributed by atoms with Crippen LogP contribution in [0.15, 0.2) is 34.1 Å². The second kappa shape index (κ2) is 7.76. The van der Waals surface area contributed by atoms with Crippen LogP contribution in [0.3, 0.4) is 0 Å². The van der Waals surface area contributed by atoms with E-state index in [2.05, 4.69) is 28.2 Å². The minimum atomic E-state index is -0.233. The number of hydrogen-bond donors (Lipinski definition) is 1. The van der Waals surface area contributed by atoms with Crippen LogP contribution in [0.1, 0.15) is 23.8 Å².